The zero-order valence-corrected chi connectivity index (χ0v) is 15.8. The molecule has 0 saturated carbocycles. The van der Waals surface area contributed by atoms with E-state index in [1.807, 2.05) is 23.8 Å². The highest BCUT2D eigenvalue weighted by atomic mass is 35.5. The van der Waals surface area contributed by atoms with Crippen molar-refractivity contribution in [1.82, 2.24) is 23.1 Å². The monoisotopic (exact) mass is 383 g/mol. The molecule has 0 radical (unpaired) electrons. The lowest BCUT2D eigenvalue weighted by molar-refractivity contribution is 0.656. The summed E-state index contributed by atoms with van der Waals surface area (Å²) in [4.78, 5) is 30.5. The van der Waals surface area contributed by atoms with Gasteiger partial charge in [-0.2, -0.15) is 4.98 Å². The van der Waals surface area contributed by atoms with Crippen LogP contribution in [0, 0.1) is 6.92 Å². The maximum absolute atomic E-state index is 13.2. The van der Waals surface area contributed by atoms with Crippen molar-refractivity contribution in [3.8, 4) is 0 Å². The second-order valence-corrected chi connectivity index (χ2v) is 6.92. The first kappa shape index (κ1) is 17.4. The summed E-state index contributed by atoms with van der Waals surface area (Å²) >= 11 is 6.03. The molecule has 0 fully saturated rings. The fourth-order valence-corrected chi connectivity index (χ4v) is 3.58. The van der Waals surface area contributed by atoms with Crippen molar-refractivity contribution in [2.24, 2.45) is 7.05 Å². The normalized spacial score (nSPS) is 11.5. The maximum Gasteiger partial charge on any atom is 0.332 e. The van der Waals surface area contributed by atoms with Crippen molar-refractivity contribution >= 4 is 28.5 Å². The number of nitrogens with zero attached hydrogens (tertiary/aromatic N) is 5. The Labute approximate surface area is 159 Å². The van der Waals surface area contributed by atoms with Crippen LogP contribution in [0.3, 0.4) is 0 Å². The molecule has 27 heavy (non-hydrogen) atoms. The number of benzene rings is 1. The van der Waals surface area contributed by atoms with E-state index >= 15 is 0 Å². The van der Waals surface area contributed by atoms with E-state index in [0.29, 0.717) is 28.5 Å². The highest BCUT2D eigenvalue weighted by Crippen LogP contribution is 2.16. The van der Waals surface area contributed by atoms with Gasteiger partial charge in [0.1, 0.15) is 0 Å². The van der Waals surface area contributed by atoms with Crippen molar-refractivity contribution in [3.05, 3.63) is 80.2 Å². The molecule has 1 aromatic carbocycles. The summed E-state index contributed by atoms with van der Waals surface area (Å²) in [5, 5.41) is 0.558. The molecule has 0 N–H and O–H groups in total. The van der Waals surface area contributed by atoms with E-state index in [4.69, 9.17) is 11.6 Å². The SMILES string of the molecule is C=CCn1c(C)cn2c3c(=O)n(Cc4cccc(Cl)c4)c(=O)n(C)c3nc12. The summed E-state index contributed by atoms with van der Waals surface area (Å²) in [6, 6.07) is 7.12. The van der Waals surface area contributed by atoms with E-state index < -0.39 is 5.69 Å². The van der Waals surface area contributed by atoms with Gasteiger partial charge in [0.25, 0.3) is 5.56 Å². The third-order valence-corrected chi connectivity index (χ3v) is 4.92. The lowest BCUT2D eigenvalue weighted by Crippen LogP contribution is -2.39. The number of rotatable bonds is 4. The van der Waals surface area contributed by atoms with Crippen LogP contribution >= 0.6 is 11.6 Å². The fraction of sp³-hybridized carbons (Fsp3) is 0.211. The van der Waals surface area contributed by atoms with Gasteiger partial charge in [0.2, 0.25) is 5.78 Å². The van der Waals surface area contributed by atoms with Gasteiger partial charge in [0, 0.05) is 30.5 Å². The minimum absolute atomic E-state index is 0.140. The molecule has 8 heteroatoms. The molecular formula is C19H18ClN5O2. The summed E-state index contributed by atoms with van der Waals surface area (Å²) in [6.45, 7) is 6.41. The fourth-order valence-electron chi connectivity index (χ4n) is 3.37. The first-order valence-electron chi connectivity index (χ1n) is 8.45. The lowest BCUT2D eigenvalue weighted by Gasteiger charge is -2.08. The molecule has 7 nitrogen and oxygen atoms in total. The van der Waals surface area contributed by atoms with Gasteiger partial charge in [-0.1, -0.05) is 29.8 Å². The van der Waals surface area contributed by atoms with Crippen LogP contribution in [-0.2, 0) is 20.1 Å². The number of hydrogen-bond donors (Lipinski definition) is 0. The molecule has 0 aliphatic heterocycles. The highest BCUT2D eigenvalue weighted by Gasteiger charge is 2.20. The van der Waals surface area contributed by atoms with Crippen LogP contribution in [0.15, 0.2) is 52.7 Å². The van der Waals surface area contributed by atoms with Crippen LogP contribution in [0.25, 0.3) is 16.9 Å². The van der Waals surface area contributed by atoms with Gasteiger partial charge in [-0.3, -0.25) is 18.3 Å². The predicted molar refractivity (Wildman–Crippen MR) is 106 cm³/mol. The summed E-state index contributed by atoms with van der Waals surface area (Å²) in [5.74, 6) is 0.606. The standard InChI is InChI=1S/C19H18ClN5O2/c1-4-8-23-12(2)10-24-15-16(21-18(23)24)22(3)19(27)25(17(15)26)11-13-6-5-7-14(20)9-13/h4-7,9-10H,1,8,11H2,2-3H3. The Morgan fingerprint density at radius 3 is 2.74 bits per heavy atom. The molecule has 138 valence electrons. The Morgan fingerprint density at radius 2 is 2.04 bits per heavy atom. The molecule has 4 rings (SSSR count). The number of halogens is 1. The quantitative estimate of drug-likeness (QED) is 0.508. The number of aryl methyl sites for hydroxylation is 2. The largest absolute Gasteiger partial charge is 0.332 e. The van der Waals surface area contributed by atoms with Crippen LogP contribution in [0.1, 0.15) is 11.3 Å². The average molecular weight is 384 g/mol. The molecule has 0 aliphatic carbocycles. The van der Waals surface area contributed by atoms with E-state index in [9.17, 15) is 9.59 Å². The van der Waals surface area contributed by atoms with E-state index in [1.165, 1.54) is 9.13 Å². The Bertz CT molecular complexity index is 1320. The molecule has 0 spiro atoms. The average Bonchev–Trinajstić information content (AvgIpc) is 3.14. The van der Waals surface area contributed by atoms with Gasteiger partial charge in [0.15, 0.2) is 11.2 Å². The van der Waals surface area contributed by atoms with Crippen LogP contribution in [0.4, 0.5) is 0 Å². The first-order valence-corrected chi connectivity index (χ1v) is 8.83. The van der Waals surface area contributed by atoms with Crippen LogP contribution in [0.5, 0.6) is 0 Å². The minimum Gasteiger partial charge on any atom is -0.310 e. The summed E-state index contributed by atoms with van der Waals surface area (Å²) < 4.78 is 6.30. The van der Waals surface area contributed by atoms with Crippen molar-refractivity contribution in [3.63, 3.8) is 0 Å². The Morgan fingerprint density at radius 1 is 1.26 bits per heavy atom. The molecule has 0 bridgehead atoms. The van der Waals surface area contributed by atoms with Crippen molar-refractivity contribution in [1.29, 1.82) is 0 Å². The summed E-state index contributed by atoms with van der Waals surface area (Å²) in [7, 11) is 1.62. The second-order valence-electron chi connectivity index (χ2n) is 6.49. The molecule has 4 aromatic rings. The Hall–Kier alpha value is -3.06. The first-order chi connectivity index (χ1) is 12.9. The van der Waals surface area contributed by atoms with Gasteiger partial charge in [-0.25, -0.2) is 4.79 Å². The van der Waals surface area contributed by atoms with E-state index in [0.717, 1.165) is 11.3 Å². The second kappa shape index (κ2) is 6.28. The maximum atomic E-state index is 13.2. The van der Waals surface area contributed by atoms with Crippen molar-refractivity contribution in [2.75, 3.05) is 0 Å². The predicted octanol–water partition coefficient (Wildman–Crippen LogP) is 2.35. The molecule has 0 unspecified atom stereocenters. The van der Waals surface area contributed by atoms with Gasteiger partial charge in [-0.05, 0) is 24.6 Å². The summed E-state index contributed by atoms with van der Waals surface area (Å²) in [5.41, 5.74) is 1.67. The lowest BCUT2D eigenvalue weighted by atomic mass is 10.2. The minimum atomic E-state index is -0.416. The van der Waals surface area contributed by atoms with Crippen LogP contribution < -0.4 is 11.2 Å². The van der Waals surface area contributed by atoms with Crippen LogP contribution in [-0.4, -0.2) is 23.1 Å². The van der Waals surface area contributed by atoms with E-state index in [1.54, 1.807) is 35.7 Å². The third kappa shape index (κ3) is 2.62. The smallest absolute Gasteiger partial charge is 0.310 e. The molecule has 0 saturated heterocycles. The summed E-state index contributed by atoms with van der Waals surface area (Å²) in [6.07, 6.45) is 3.62. The Balaban J connectivity index is 2.02. The zero-order chi connectivity index (χ0) is 19.3. The topological polar surface area (TPSA) is 66.2 Å². The highest BCUT2D eigenvalue weighted by molar-refractivity contribution is 6.30. The molecular weight excluding hydrogens is 366 g/mol. The molecule has 0 aliphatic rings. The molecule has 3 heterocycles. The number of fused-ring (bicyclic) bond motifs is 3. The molecule has 3 aromatic heterocycles. The van der Waals surface area contributed by atoms with E-state index in [-0.39, 0.29) is 12.1 Å². The van der Waals surface area contributed by atoms with E-state index in [2.05, 4.69) is 11.6 Å². The number of aromatic nitrogens is 5. The van der Waals surface area contributed by atoms with Crippen molar-refractivity contribution < 1.29 is 0 Å². The Kier molecular flexibility index (Phi) is 4.04. The van der Waals surface area contributed by atoms with Crippen LogP contribution in [0.2, 0.25) is 5.02 Å². The van der Waals surface area contributed by atoms with Gasteiger partial charge >= 0.3 is 5.69 Å². The van der Waals surface area contributed by atoms with Gasteiger partial charge < -0.3 is 4.57 Å². The molecule has 0 atom stereocenters. The zero-order valence-electron chi connectivity index (χ0n) is 15.0. The van der Waals surface area contributed by atoms with Gasteiger partial charge in [-0.15, -0.1) is 6.58 Å². The van der Waals surface area contributed by atoms with Crippen molar-refractivity contribution in [2.45, 2.75) is 20.0 Å². The number of imidazole rings is 2. The van der Waals surface area contributed by atoms with Gasteiger partial charge in [0.05, 0.1) is 6.54 Å². The number of allylic oxidation sites excluding steroid dienone is 1. The molecule has 0 amide bonds. The number of hydrogen-bond acceptors (Lipinski definition) is 3. The third-order valence-electron chi connectivity index (χ3n) is 4.68.